The maximum absolute atomic E-state index is 6.21. The van der Waals surface area contributed by atoms with Gasteiger partial charge in [-0.05, 0) is 56.4 Å². The summed E-state index contributed by atoms with van der Waals surface area (Å²) in [7, 11) is 0. The van der Waals surface area contributed by atoms with Gasteiger partial charge in [0.05, 0.1) is 10.0 Å². The number of fused-ring (bicyclic) bond motifs is 1. The fourth-order valence-electron chi connectivity index (χ4n) is 2.83. The van der Waals surface area contributed by atoms with E-state index < -0.39 is 0 Å². The smallest absolute Gasteiger partial charge is 0.0734 e. The second kappa shape index (κ2) is 4.91. The van der Waals surface area contributed by atoms with E-state index in [0.29, 0.717) is 10.0 Å². The summed E-state index contributed by atoms with van der Waals surface area (Å²) in [6, 6.07) is 12.5. The van der Waals surface area contributed by atoms with Crippen LogP contribution in [0.4, 0.5) is 0 Å². The Morgan fingerprint density at radius 2 is 1.75 bits per heavy atom. The minimum atomic E-state index is -0.0345. The molecule has 3 heteroatoms. The van der Waals surface area contributed by atoms with Crippen molar-refractivity contribution in [2.24, 2.45) is 0 Å². The summed E-state index contributed by atoms with van der Waals surface area (Å²) >= 11 is 15.8. The first kappa shape index (κ1) is 14.2. The van der Waals surface area contributed by atoms with E-state index >= 15 is 0 Å². The van der Waals surface area contributed by atoms with E-state index in [1.54, 1.807) is 0 Å². The Morgan fingerprint density at radius 1 is 1.05 bits per heavy atom. The molecule has 0 amide bonds. The summed E-state index contributed by atoms with van der Waals surface area (Å²) in [6.07, 6.45) is 2.24. The Kier molecular flexibility index (Phi) is 3.48. The van der Waals surface area contributed by atoms with Gasteiger partial charge in [0, 0.05) is 9.89 Å². The van der Waals surface area contributed by atoms with Crippen molar-refractivity contribution in [1.29, 1.82) is 0 Å². The van der Waals surface area contributed by atoms with E-state index in [1.807, 2.05) is 12.1 Å². The van der Waals surface area contributed by atoms with Crippen molar-refractivity contribution < 1.29 is 0 Å². The Morgan fingerprint density at radius 3 is 2.40 bits per heavy atom. The molecule has 0 aliphatic heterocycles. The number of hydrogen-bond acceptors (Lipinski definition) is 0. The van der Waals surface area contributed by atoms with Gasteiger partial charge in [0.15, 0.2) is 0 Å². The molecule has 0 fully saturated rings. The highest BCUT2D eigenvalue weighted by atomic mass is 79.9. The van der Waals surface area contributed by atoms with Crippen molar-refractivity contribution in [3.63, 3.8) is 0 Å². The van der Waals surface area contributed by atoms with E-state index in [4.69, 9.17) is 23.2 Å². The molecule has 0 N–H and O–H groups in total. The summed E-state index contributed by atoms with van der Waals surface area (Å²) in [6.45, 7) is 4.47. The fourth-order valence-corrected chi connectivity index (χ4v) is 3.73. The number of benzene rings is 2. The van der Waals surface area contributed by atoms with Crippen molar-refractivity contribution in [3.05, 3.63) is 67.6 Å². The second-order valence-corrected chi connectivity index (χ2v) is 7.16. The van der Waals surface area contributed by atoms with Crippen LogP contribution in [0.3, 0.4) is 0 Å². The predicted octanol–water partition coefficient (Wildman–Crippen LogP) is 6.59. The average Bonchev–Trinajstić information content (AvgIpc) is 2.68. The molecule has 0 saturated carbocycles. The Hall–Kier alpha value is -0.760. The maximum Gasteiger partial charge on any atom is 0.0734 e. The number of allylic oxidation sites excluding steroid dienone is 1. The largest absolute Gasteiger partial charge is 0.0826 e. The van der Waals surface area contributed by atoms with Gasteiger partial charge in [0.1, 0.15) is 0 Å². The van der Waals surface area contributed by atoms with Gasteiger partial charge < -0.3 is 0 Å². The van der Waals surface area contributed by atoms with Gasteiger partial charge in [-0.1, -0.05) is 61.3 Å². The van der Waals surface area contributed by atoms with Crippen LogP contribution >= 0.6 is 39.1 Å². The minimum Gasteiger partial charge on any atom is -0.0826 e. The molecule has 0 unspecified atom stereocenters. The number of hydrogen-bond donors (Lipinski definition) is 0. The van der Waals surface area contributed by atoms with E-state index in [9.17, 15) is 0 Å². The van der Waals surface area contributed by atoms with Crippen molar-refractivity contribution in [1.82, 2.24) is 0 Å². The third-order valence-electron chi connectivity index (χ3n) is 3.90. The van der Waals surface area contributed by atoms with Gasteiger partial charge in [0.2, 0.25) is 0 Å². The lowest BCUT2D eigenvalue weighted by molar-refractivity contribution is 0.704. The lowest BCUT2D eigenvalue weighted by Gasteiger charge is -2.25. The minimum absolute atomic E-state index is 0.0345. The first-order valence-electron chi connectivity index (χ1n) is 6.38. The first-order chi connectivity index (χ1) is 9.41. The summed E-state index contributed by atoms with van der Waals surface area (Å²) in [5.41, 5.74) is 4.95. The van der Waals surface area contributed by atoms with Crippen molar-refractivity contribution in [2.45, 2.75) is 19.3 Å². The molecule has 0 spiro atoms. The number of halogens is 3. The molecule has 102 valence electrons. The lowest BCUT2D eigenvalue weighted by Crippen LogP contribution is -2.16. The van der Waals surface area contributed by atoms with Gasteiger partial charge in [0.25, 0.3) is 0 Å². The molecular weight excluding hydrogens is 355 g/mol. The van der Waals surface area contributed by atoms with Crippen molar-refractivity contribution in [2.75, 3.05) is 0 Å². The van der Waals surface area contributed by atoms with Crippen LogP contribution in [-0.2, 0) is 5.41 Å². The van der Waals surface area contributed by atoms with Crippen LogP contribution in [0, 0.1) is 0 Å². The quantitative estimate of drug-likeness (QED) is 0.499. The topological polar surface area (TPSA) is 0 Å². The molecule has 2 aromatic carbocycles. The molecule has 0 saturated heterocycles. The average molecular weight is 368 g/mol. The van der Waals surface area contributed by atoms with Crippen molar-refractivity contribution in [3.8, 4) is 0 Å². The maximum atomic E-state index is 6.21. The standard InChI is InChI=1S/C17H13BrCl2/c1-17(2)12-6-4-3-5-10(12)7-13(17)11-8-14(18)16(20)15(19)9-11/h3-9H,1-2H3. The van der Waals surface area contributed by atoms with Crippen LogP contribution in [0.25, 0.3) is 11.6 Å². The molecule has 20 heavy (non-hydrogen) atoms. The Balaban J connectivity index is 2.18. The zero-order chi connectivity index (χ0) is 14.5. The molecule has 0 nitrogen and oxygen atoms in total. The molecule has 0 radical (unpaired) electrons. The van der Waals surface area contributed by atoms with Crippen LogP contribution < -0.4 is 0 Å². The molecule has 0 heterocycles. The van der Waals surface area contributed by atoms with Gasteiger partial charge in [-0.2, -0.15) is 0 Å². The third kappa shape index (κ3) is 2.13. The van der Waals surface area contributed by atoms with E-state index in [-0.39, 0.29) is 5.41 Å². The SMILES string of the molecule is CC1(C)C(c2cc(Cl)c(Cl)c(Br)c2)=Cc2ccccc21. The molecular formula is C17H13BrCl2. The van der Waals surface area contributed by atoms with Gasteiger partial charge in [-0.15, -0.1) is 0 Å². The molecule has 0 bridgehead atoms. The summed E-state index contributed by atoms with van der Waals surface area (Å²) < 4.78 is 0.828. The van der Waals surface area contributed by atoms with Crippen LogP contribution in [-0.4, -0.2) is 0 Å². The normalized spacial score (nSPS) is 15.9. The summed E-state index contributed by atoms with van der Waals surface area (Å²) in [4.78, 5) is 0. The van der Waals surface area contributed by atoms with Gasteiger partial charge >= 0.3 is 0 Å². The number of rotatable bonds is 1. The Bertz CT molecular complexity index is 707. The molecule has 1 aliphatic carbocycles. The van der Waals surface area contributed by atoms with E-state index in [0.717, 1.165) is 10.0 Å². The highest BCUT2D eigenvalue weighted by molar-refractivity contribution is 9.10. The van der Waals surface area contributed by atoms with Crippen LogP contribution in [0.5, 0.6) is 0 Å². The van der Waals surface area contributed by atoms with E-state index in [1.165, 1.54) is 16.7 Å². The zero-order valence-corrected chi connectivity index (χ0v) is 14.3. The third-order valence-corrected chi connectivity index (χ3v) is 5.56. The molecule has 0 atom stereocenters. The summed E-state index contributed by atoms with van der Waals surface area (Å²) in [5, 5.41) is 1.13. The Labute approximate surface area is 137 Å². The molecule has 2 aromatic rings. The molecule has 3 rings (SSSR count). The monoisotopic (exact) mass is 366 g/mol. The van der Waals surface area contributed by atoms with Crippen LogP contribution in [0.15, 0.2) is 40.9 Å². The van der Waals surface area contributed by atoms with E-state index in [2.05, 4.69) is 60.1 Å². The lowest BCUT2D eigenvalue weighted by atomic mass is 9.78. The molecule has 0 aromatic heterocycles. The fraction of sp³-hybridized carbons (Fsp3) is 0.176. The second-order valence-electron chi connectivity index (χ2n) is 5.52. The summed E-state index contributed by atoms with van der Waals surface area (Å²) in [5.74, 6) is 0. The predicted molar refractivity (Wildman–Crippen MR) is 91.5 cm³/mol. The van der Waals surface area contributed by atoms with Gasteiger partial charge in [-0.25, -0.2) is 0 Å². The van der Waals surface area contributed by atoms with Crippen LogP contribution in [0.1, 0.15) is 30.5 Å². The van der Waals surface area contributed by atoms with Crippen LogP contribution in [0.2, 0.25) is 10.0 Å². The highest BCUT2D eigenvalue weighted by Crippen LogP contribution is 2.47. The zero-order valence-electron chi connectivity index (χ0n) is 11.2. The first-order valence-corrected chi connectivity index (χ1v) is 7.93. The highest BCUT2D eigenvalue weighted by Gasteiger charge is 2.33. The molecule has 1 aliphatic rings. The van der Waals surface area contributed by atoms with Crippen molar-refractivity contribution >= 4 is 50.8 Å². The van der Waals surface area contributed by atoms with Gasteiger partial charge in [-0.3, -0.25) is 0 Å².